The molecule has 1 saturated heterocycles. The maximum Gasteiger partial charge on any atom is 0.324 e. The zero-order valence-electron chi connectivity index (χ0n) is 12.2. The van der Waals surface area contributed by atoms with Gasteiger partial charge in [-0.1, -0.05) is 42.5 Å². The summed E-state index contributed by atoms with van der Waals surface area (Å²) in [5.74, 6) is -3.09. The lowest BCUT2D eigenvalue weighted by molar-refractivity contribution is -0.243. The van der Waals surface area contributed by atoms with Gasteiger partial charge in [-0.25, -0.2) is 0 Å². The quantitative estimate of drug-likeness (QED) is 0.476. The van der Waals surface area contributed by atoms with Gasteiger partial charge in [0.2, 0.25) is 0 Å². The van der Waals surface area contributed by atoms with Gasteiger partial charge in [-0.15, -0.1) is 0 Å². The molecule has 0 unspecified atom stereocenters. The molecule has 0 bridgehead atoms. The van der Waals surface area contributed by atoms with Gasteiger partial charge >= 0.3 is 11.9 Å². The van der Waals surface area contributed by atoms with E-state index in [4.69, 9.17) is 9.47 Å². The van der Waals surface area contributed by atoms with Gasteiger partial charge in [0.05, 0.1) is 0 Å². The number of cyclic esters (lactones) is 2. The van der Waals surface area contributed by atoms with E-state index in [1.807, 2.05) is 42.5 Å². The topological polar surface area (TPSA) is 52.6 Å². The van der Waals surface area contributed by atoms with E-state index in [9.17, 15) is 9.59 Å². The Balaban J connectivity index is 2.03. The zero-order valence-corrected chi connectivity index (χ0v) is 12.2. The van der Waals surface area contributed by atoms with Crippen LogP contribution in [0.2, 0.25) is 0 Å². The fourth-order valence-electron chi connectivity index (χ4n) is 3.25. The molecule has 0 radical (unpaired) electrons. The normalized spacial score (nSPS) is 23.7. The van der Waals surface area contributed by atoms with Gasteiger partial charge in [0.1, 0.15) is 0 Å². The Kier molecular flexibility index (Phi) is 3.12. The van der Waals surface area contributed by atoms with Crippen molar-refractivity contribution in [2.45, 2.75) is 37.9 Å². The molecule has 0 N–H and O–H groups in total. The summed E-state index contributed by atoms with van der Waals surface area (Å²) in [6, 6.07) is 9.65. The summed E-state index contributed by atoms with van der Waals surface area (Å²) in [6.07, 6.45) is 5.28. The van der Waals surface area contributed by atoms with Crippen molar-refractivity contribution in [3.05, 3.63) is 48.0 Å². The first-order chi connectivity index (χ1) is 9.95. The second-order valence-corrected chi connectivity index (χ2v) is 6.08. The smallest absolute Gasteiger partial charge is 0.324 e. The molecule has 2 aliphatic rings. The number of rotatable bonds is 2. The Morgan fingerprint density at radius 1 is 0.952 bits per heavy atom. The summed E-state index contributed by atoms with van der Waals surface area (Å²) in [4.78, 5) is 24.9. The Morgan fingerprint density at radius 2 is 1.48 bits per heavy atom. The molecule has 1 aliphatic heterocycles. The van der Waals surface area contributed by atoms with Crippen molar-refractivity contribution < 1.29 is 19.1 Å². The number of carbonyl (C=O) groups is 2. The lowest BCUT2D eigenvalue weighted by Crippen LogP contribution is -2.53. The molecule has 0 aromatic heterocycles. The first-order valence-corrected chi connectivity index (χ1v) is 7.11. The highest BCUT2D eigenvalue weighted by Crippen LogP contribution is 2.46. The lowest BCUT2D eigenvalue weighted by Gasteiger charge is -2.41. The number of hydrogen-bond acceptors (Lipinski definition) is 4. The lowest BCUT2D eigenvalue weighted by atomic mass is 9.68. The molecule has 21 heavy (non-hydrogen) atoms. The number of esters is 2. The molecule has 0 saturated carbocycles. The van der Waals surface area contributed by atoms with Crippen LogP contribution >= 0.6 is 0 Å². The molecule has 1 fully saturated rings. The summed E-state index contributed by atoms with van der Waals surface area (Å²) in [5.41, 5.74) is 0.375. The van der Waals surface area contributed by atoms with Crippen LogP contribution < -0.4 is 0 Å². The van der Waals surface area contributed by atoms with Gasteiger partial charge in [-0.2, -0.15) is 0 Å². The van der Waals surface area contributed by atoms with E-state index in [1.165, 1.54) is 0 Å². The van der Waals surface area contributed by atoms with Gasteiger partial charge in [0, 0.05) is 19.3 Å². The zero-order chi connectivity index (χ0) is 15.1. The van der Waals surface area contributed by atoms with Crippen LogP contribution in [0.1, 0.15) is 32.3 Å². The number of hydrogen-bond donors (Lipinski definition) is 0. The van der Waals surface area contributed by atoms with Crippen LogP contribution in [-0.2, 0) is 24.5 Å². The molecule has 4 heteroatoms. The van der Waals surface area contributed by atoms with Gasteiger partial charge < -0.3 is 9.47 Å². The molecule has 1 heterocycles. The standard InChI is InChI=1S/C17H18O4/c1-16(2)20-14(18)13(15(19)21-16)17(10-6-7-11-17)12-8-4-3-5-9-12/h3-9,13H,10-11H2,1-2H3. The van der Waals surface area contributed by atoms with Crippen LogP contribution in [0.4, 0.5) is 0 Å². The van der Waals surface area contributed by atoms with Crippen molar-refractivity contribution in [1.29, 1.82) is 0 Å². The van der Waals surface area contributed by atoms with Gasteiger partial charge in [0.25, 0.3) is 5.79 Å². The minimum absolute atomic E-state index is 0.496. The SMILES string of the molecule is CC1(C)OC(=O)C(C2(c3ccccc3)CC=CC2)C(=O)O1. The number of carbonyl (C=O) groups excluding carboxylic acids is 2. The fraction of sp³-hybridized carbons (Fsp3) is 0.412. The molecular formula is C17H18O4. The van der Waals surface area contributed by atoms with Crippen molar-refractivity contribution in [3.63, 3.8) is 0 Å². The van der Waals surface area contributed by atoms with Gasteiger partial charge in [-0.05, 0) is 18.4 Å². The van der Waals surface area contributed by atoms with Crippen molar-refractivity contribution in [3.8, 4) is 0 Å². The highest BCUT2D eigenvalue weighted by Gasteiger charge is 2.55. The summed E-state index contributed by atoms with van der Waals surface area (Å²) < 4.78 is 10.6. The van der Waals surface area contributed by atoms with E-state index in [0.29, 0.717) is 12.8 Å². The van der Waals surface area contributed by atoms with E-state index >= 15 is 0 Å². The molecule has 1 aromatic carbocycles. The minimum Gasteiger partial charge on any atom is -0.422 e. The predicted molar refractivity (Wildman–Crippen MR) is 76.2 cm³/mol. The van der Waals surface area contributed by atoms with Gasteiger partial charge in [0.15, 0.2) is 5.92 Å². The minimum atomic E-state index is -1.19. The highest BCUT2D eigenvalue weighted by molar-refractivity contribution is 5.98. The third kappa shape index (κ3) is 2.24. The number of benzene rings is 1. The van der Waals surface area contributed by atoms with Crippen LogP contribution in [0.5, 0.6) is 0 Å². The molecule has 0 spiro atoms. The highest BCUT2D eigenvalue weighted by atomic mass is 16.7. The first kappa shape index (κ1) is 13.9. The molecule has 0 amide bonds. The molecule has 0 atom stereocenters. The number of ether oxygens (including phenoxy) is 2. The Morgan fingerprint density at radius 3 is 2.00 bits per heavy atom. The van der Waals surface area contributed by atoms with E-state index < -0.39 is 29.1 Å². The summed E-state index contributed by atoms with van der Waals surface area (Å²) >= 11 is 0. The van der Waals surface area contributed by atoms with E-state index in [1.54, 1.807) is 13.8 Å². The van der Waals surface area contributed by atoms with Crippen LogP contribution in [0.25, 0.3) is 0 Å². The van der Waals surface area contributed by atoms with Crippen LogP contribution in [0.3, 0.4) is 0 Å². The average molecular weight is 286 g/mol. The van der Waals surface area contributed by atoms with E-state index in [2.05, 4.69) is 0 Å². The summed E-state index contributed by atoms with van der Waals surface area (Å²) in [6.45, 7) is 3.14. The summed E-state index contributed by atoms with van der Waals surface area (Å²) in [7, 11) is 0. The monoisotopic (exact) mass is 286 g/mol. The molecule has 110 valence electrons. The summed E-state index contributed by atoms with van der Waals surface area (Å²) in [5, 5.41) is 0. The first-order valence-electron chi connectivity index (χ1n) is 7.11. The van der Waals surface area contributed by atoms with Crippen molar-refractivity contribution in [2.75, 3.05) is 0 Å². The third-order valence-electron chi connectivity index (χ3n) is 4.20. The van der Waals surface area contributed by atoms with Crippen molar-refractivity contribution in [2.24, 2.45) is 5.92 Å². The van der Waals surface area contributed by atoms with E-state index in [0.717, 1.165) is 5.56 Å². The molecule has 3 rings (SSSR count). The Labute approximate surface area is 123 Å². The molecule has 4 nitrogen and oxygen atoms in total. The fourth-order valence-corrected chi connectivity index (χ4v) is 3.25. The van der Waals surface area contributed by atoms with Crippen molar-refractivity contribution >= 4 is 11.9 Å². The van der Waals surface area contributed by atoms with E-state index in [-0.39, 0.29) is 0 Å². The maximum absolute atomic E-state index is 12.4. The van der Waals surface area contributed by atoms with Crippen LogP contribution in [-0.4, -0.2) is 17.7 Å². The van der Waals surface area contributed by atoms with Gasteiger partial charge in [-0.3, -0.25) is 9.59 Å². The van der Waals surface area contributed by atoms with Crippen molar-refractivity contribution in [1.82, 2.24) is 0 Å². The third-order valence-corrected chi connectivity index (χ3v) is 4.20. The second kappa shape index (κ2) is 4.72. The second-order valence-electron chi connectivity index (χ2n) is 6.08. The largest absolute Gasteiger partial charge is 0.422 e. The Hall–Kier alpha value is -2.10. The Bertz CT molecular complexity index is 572. The number of allylic oxidation sites excluding steroid dienone is 2. The predicted octanol–water partition coefficient (Wildman–Crippen LogP) is 2.73. The molecule has 1 aromatic rings. The molecule has 1 aliphatic carbocycles. The van der Waals surface area contributed by atoms with Crippen LogP contribution in [0, 0.1) is 5.92 Å². The average Bonchev–Trinajstić information content (AvgIpc) is 2.88. The van der Waals surface area contributed by atoms with Crippen LogP contribution in [0.15, 0.2) is 42.5 Å². The maximum atomic E-state index is 12.4. The molecular weight excluding hydrogens is 268 g/mol.